The van der Waals surface area contributed by atoms with Crippen molar-refractivity contribution in [1.29, 1.82) is 0 Å². The Labute approximate surface area is 144 Å². The summed E-state index contributed by atoms with van der Waals surface area (Å²) >= 11 is 5.66. The van der Waals surface area contributed by atoms with Gasteiger partial charge in [0.15, 0.2) is 0 Å². The largest absolute Gasteiger partial charge is 0.444 e. The summed E-state index contributed by atoms with van der Waals surface area (Å²) in [5.41, 5.74) is -0.766. The molecule has 24 heavy (non-hydrogen) atoms. The Morgan fingerprint density at radius 2 is 1.79 bits per heavy atom. The molecule has 1 aliphatic rings. The van der Waals surface area contributed by atoms with Gasteiger partial charge < -0.3 is 9.64 Å². The van der Waals surface area contributed by atoms with Gasteiger partial charge in [-0.1, -0.05) is 17.7 Å². The molecule has 0 spiro atoms. The van der Waals surface area contributed by atoms with Gasteiger partial charge in [0, 0.05) is 13.1 Å². The Morgan fingerprint density at radius 1 is 1.21 bits per heavy atom. The van der Waals surface area contributed by atoms with Crippen molar-refractivity contribution in [3.63, 3.8) is 0 Å². The van der Waals surface area contributed by atoms with Gasteiger partial charge >= 0.3 is 12.3 Å². The Hall–Kier alpha value is -1.43. The molecule has 0 aliphatic carbocycles. The van der Waals surface area contributed by atoms with E-state index in [4.69, 9.17) is 16.3 Å². The minimum Gasteiger partial charge on any atom is -0.444 e. The number of hydrogen-bond donors (Lipinski definition) is 0. The maximum atomic E-state index is 13.0. The summed E-state index contributed by atoms with van der Waals surface area (Å²) in [5, 5.41) is -0.294. The van der Waals surface area contributed by atoms with Crippen molar-refractivity contribution < 1.29 is 22.7 Å². The molecule has 1 aromatic rings. The average molecular weight is 364 g/mol. The van der Waals surface area contributed by atoms with E-state index >= 15 is 0 Å². The van der Waals surface area contributed by atoms with Crippen LogP contribution in [0.1, 0.15) is 50.7 Å². The van der Waals surface area contributed by atoms with Crippen LogP contribution in [0, 0.1) is 0 Å². The van der Waals surface area contributed by atoms with Crippen molar-refractivity contribution in [3.05, 3.63) is 34.3 Å². The molecule has 1 aliphatic heterocycles. The summed E-state index contributed by atoms with van der Waals surface area (Å²) in [6.45, 7) is 6.31. The highest BCUT2D eigenvalue weighted by molar-refractivity contribution is 6.31. The summed E-state index contributed by atoms with van der Waals surface area (Å²) < 4.78 is 44.2. The second-order valence-corrected chi connectivity index (χ2v) is 7.39. The topological polar surface area (TPSA) is 29.5 Å². The van der Waals surface area contributed by atoms with E-state index in [1.54, 1.807) is 31.7 Å². The van der Waals surface area contributed by atoms with Crippen LogP contribution in [0.2, 0.25) is 5.02 Å². The Balaban J connectivity index is 2.04. The van der Waals surface area contributed by atoms with Crippen LogP contribution in [0.3, 0.4) is 0 Å². The van der Waals surface area contributed by atoms with Crippen molar-refractivity contribution in [1.82, 2.24) is 4.90 Å². The molecule has 0 unspecified atom stereocenters. The third-order valence-corrected chi connectivity index (χ3v) is 4.24. The van der Waals surface area contributed by atoms with Crippen molar-refractivity contribution in [2.45, 2.75) is 51.3 Å². The molecule has 0 atom stereocenters. The third-order valence-electron chi connectivity index (χ3n) is 3.91. The lowest BCUT2D eigenvalue weighted by Crippen LogP contribution is -2.41. The molecule has 1 fully saturated rings. The molecule has 0 aromatic heterocycles. The molecule has 1 amide bonds. The molecule has 1 aromatic carbocycles. The second kappa shape index (κ2) is 6.82. The van der Waals surface area contributed by atoms with Gasteiger partial charge in [-0.15, -0.1) is 0 Å². The van der Waals surface area contributed by atoms with Crippen molar-refractivity contribution in [2.75, 3.05) is 13.1 Å². The highest BCUT2D eigenvalue weighted by atomic mass is 35.5. The number of halogens is 4. The van der Waals surface area contributed by atoms with Gasteiger partial charge in [-0.05, 0) is 57.2 Å². The molecule has 1 saturated heterocycles. The number of hydrogen-bond acceptors (Lipinski definition) is 2. The molecule has 1 heterocycles. The van der Waals surface area contributed by atoms with Crippen LogP contribution in [0.15, 0.2) is 18.2 Å². The van der Waals surface area contributed by atoms with E-state index in [-0.39, 0.29) is 17.0 Å². The first-order valence-electron chi connectivity index (χ1n) is 7.82. The van der Waals surface area contributed by atoms with Crippen LogP contribution in [-0.2, 0) is 10.9 Å². The minimum atomic E-state index is -4.47. The minimum absolute atomic E-state index is 0.0259. The fourth-order valence-corrected chi connectivity index (χ4v) is 2.96. The van der Waals surface area contributed by atoms with Crippen molar-refractivity contribution >= 4 is 17.7 Å². The Bertz CT molecular complexity index is 603. The highest BCUT2D eigenvalue weighted by Crippen LogP contribution is 2.38. The highest BCUT2D eigenvalue weighted by Gasteiger charge is 2.34. The van der Waals surface area contributed by atoms with E-state index < -0.39 is 17.3 Å². The van der Waals surface area contributed by atoms with Gasteiger partial charge in [-0.25, -0.2) is 4.79 Å². The number of piperidine rings is 1. The van der Waals surface area contributed by atoms with Gasteiger partial charge in [0.1, 0.15) is 5.60 Å². The van der Waals surface area contributed by atoms with Crippen molar-refractivity contribution in [2.24, 2.45) is 0 Å². The molecular weight excluding hydrogens is 343 g/mol. The number of carbonyl (C=O) groups excluding carboxylic acids is 1. The van der Waals surface area contributed by atoms with E-state index in [9.17, 15) is 18.0 Å². The quantitative estimate of drug-likeness (QED) is 0.661. The van der Waals surface area contributed by atoms with Crippen LogP contribution >= 0.6 is 11.6 Å². The zero-order valence-electron chi connectivity index (χ0n) is 13.9. The summed E-state index contributed by atoms with van der Waals surface area (Å²) in [5.74, 6) is -0.0259. The molecule has 2 rings (SSSR count). The molecular formula is C17H21ClF3NO2. The number of alkyl halides is 3. The summed E-state index contributed by atoms with van der Waals surface area (Å²) in [7, 11) is 0. The van der Waals surface area contributed by atoms with Crippen LogP contribution in [0.5, 0.6) is 0 Å². The number of amides is 1. The van der Waals surface area contributed by atoms with E-state index in [1.807, 2.05) is 0 Å². The fraction of sp³-hybridized carbons (Fsp3) is 0.588. The summed E-state index contributed by atoms with van der Waals surface area (Å²) in [4.78, 5) is 13.6. The van der Waals surface area contributed by atoms with E-state index in [0.29, 0.717) is 31.5 Å². The van der Waals surface area contributed by atoms with Crippen LogP contribution in [0.4, 0.5) is 18.0 Å². The number of rotatable bonds is 1. The molecule has 7 heteroatoms. The van der Waals surface area contributed by atoms with Gasteiger partial charge in [0.2, 0.25) is 0 Å². The molecule has 3 nitrogen and oxygen atoms in total. The van der Waals surface area contributed by atoms with Gasteiger partial charge in [-0.3, -0.25) is 0 Å². The maximum Gasteiger partial charge on any atom is 0.417 e. The molecule has 0 radical (unpaired) electrons. The first kappa shape index (κ1) is 18.9. The number of benzene rings is 1. The van der Waals surface area contributed by atoms with Gasteiger partial charge in [0.05, 0.1) is 10.6 Å². The standard InChI is InChI=1S/C17H21ClF3NO2/c1-16(2,3)24-15(23)22-8-6-11(7-9-22)12-4-5-14(18)13(10-12)17(19,20)21/h4-5,10-11H,6-9H2,1-3H3. The predicted octanol–water partition coefficient (Wildman–Crippen LogP) is 5.47. The lowest BCUT2D eigenvalue weighted by Gasteiger charge is -2.33. The SMILES string of the molecule is CC(C)(C)OC(=O)N1CCC(c2ccc(Cl)c(C(F)(F)F)c2)CC1. The lowest BCUT2D eigenvalue weighted by atomic mass is 9.88. The molecule has 134 valence electrons. The number of carbonyl (C=O) groups is 1. The Kier molecular flexibility index (Phi) is 5.37. The second-order valence-electron chi connectivity index (χ2n) is 6.98. The zero-order chi connectivity index (χ0) is 18.1. The van der Waals surface area contributed by atoms with Crippen LogP contribution in [0.25, 0.3) is 0 Å². The summed E-state index contributed by atoms with van der Waals surface area (Å²) in [6, 6.07) is 4.04. The third kappa shape index (κ3) is 4.79. The average Bonchev–Trinajstić information content (AvgIpc) is 2.45. The smallest absolute Gasteiger partial charge is 0.417 e. The summed E-state index contributed by atoms with van der Waals surface area (Å²) in [6.07, 6.45) is -3.66. The van der Waals surface area contributed by atoms with E-state index in [0.717, 1.165) is 6.07 Å². The molecule has 0 N–H and O–H groups in total. The van der Waals surface area contributed by atoms with Gasteiger partial charge in [0.25, 0.3) is 0 Å². The normalized spacial score (nSPS) is 17.0. The van der Waals surface area contributed by atoms with E-state index in [2.05, 4.69) is 0 Å². The molecule has 0 saturated carbocycles. The first-order chi connectivity index (χ1) is 11.0. The zero-order valence-corrected chi connectivity index (χ0v) is 14.7. The number of likely N-dealkylation sites (tertiary alicyclic amines) is 1. The van der Waals surface area contributed by atoms with Crippen LogP contribution < -0.4 is 0 Å². The fourth-order valence-electron chi connectivity index (χ4n) is 2.74. The monoisotopic (exact) mass is 363 g/mol. The maximum absolute atomic E-state index is 13.0. The number of nitrogens with zero attached hydrogens (tertiary/aromatic N) is 1. The van der Waals surface area contributed by atoms with E-state index in [1.165, 1.54) is 6.07 Å². The van der Waals surface area contributed by atoms with Gasteiger partial charge in [-0.2, -0.15) is 13.2 Å². The predicted molar refractivity (Wildman–Crippen MR) is 86.2 cm³/mol. The number of ether oxygens (including phenoxy) is 1. The Morgan fingerprint density at radius 3 is 2.29 bits per heavy atom. The molecule has 0 bridgehead atoms. The lowest BCUT2D eigenvalue weighted by molar-refractivity contribution is -0.137. The van der Waals surface area contributed by atoms with Crippen LogP contribution in [-0.4, -0.2) is 29.7 Å². The van der Waals surface area contributed by atoms with Crippen molar-refractivity contribution in [3.8, 4) is 0 Å². The first-order valence-corrected chi connectivity index (χ1v) is 8.20.